The highest BCUT2D eigenvalue weighted by atomic mass is 16.5. The molecule has 1 N–H and O–H groups in total. The summed E-state index contributed by atoms with van der Waals surface area (Å²) in [6.07, 6.45) is 4.47. The third-order valence-electron chi connectivity index (χ3n) is 4.30. The smallest absolute Gasteiger partial charge is 0.331 e. The molecule has 0 aromatic rings. The van der Waals surface area contributed by atoms with Crippen LogP contribution in [0.25, 0.3) is 0 Å². The zero-order valence-corrected chi connectivity index (χ0v) is 12.1. The summed E-state index contributed by atoms with van der Waals surface area (Å²) in [5.74, 6) is -1.43. The van der Waals surface area contributed by atoms with E-state index in [1.54, 1.807) is 0 Å². The molecule has 2 aliphatic rings. The quantitative estimate of drug-likeness (QED) is 0.771. The number of barbiturate groups is 1. The van der Waals surface area contributed by atoms with E-state index in [0.717, 1.165) is 25.7 Å². The van der Waals surface area contributed by atoms with Crippen molar-refractivity contribution in [1.82, 2.24) is 10.2 Å². The van der Waals surface area contributed by atoms with Gasteiger partial charge in [0.05, 0.1) is 12.6 Å². The number of carbonyl (C=O) groups is 3. The zero-order valence-electron chi connectivity index (χ0n) is 12.1. The second-order valence-electron chi connectivity index (χ2n) is 5.54. The lowest BCUT2D eigenvalue weighted by molar-refractivity contribution is -0.147. The number of urea groups is 1. The number of hydrogen-bond acceptors (Lipinski definition) is 4. The Morgan fingerprint density at radius 3 is 2.50 bits per heavy atom. The van der Waals surface area contributed by atoms with E-state index in [9.17, 15) is 14.4 Å². The normalized spacial score (nSPS) is 26.0. The average molecular weight is 282 g/mol. The molecule has 2 rings (SSSR count). The van der Waals surface area contributed by atoms with Crippen molar-refractivity contribution >= 4 is 17.8 Å². The van der Waals surface area contributed by atoms with Crippen LogP contribution >= 0.6 is 0 Å². The fourth-order valence-corrected chi connectivity index (χ4v) is 3.22. The van der Waals surface area contributed by atoms with E-state index in [1.165, 1.54) is 12.0 Å². The van der Waals surface area contributed by atoms with Gasteiger partial charge in [-0.15, -0.1) is 0 Å². The van der Waals surface area contributed by atoms with Crippen LogP contribution in [0.5, 0.6) is 0 Å². The first-order valence-corrected chi connectivity index (χ1v) is 7.27. The van der Waals surface area contributed by atoms with E-state index in [-0.39, 0.29) is 17.9 Å². The van der Waals surface area contributed by atoms with E-state index in [4.69, 9.17) is 4.74 Å². The average Bonchev–Trinajstić information content (AvgIpc) is 2.90. The van der Waals surface area contributed by atoms with Crippen LogP contribution in [0.4, 0.5) is 4.79 Å². The maximum Gasteiger partial charge on any atom is 0.331 e. The summed E-state index contributed by atoms with van der Waals surface area (Å²) >= 11 is 0. The van der Waals surface area contributed by atoms with E-state index in [1.807, 2.05) is 6.92 Å². The van der Waals surface area contributed by atoms with Gasteiger partial charge in [0.2, 0.25) is 11.8 Å². The highest BCUT2D eigenvalue weighted by Crippen LogP contribution is 2.34. The Morgan fingerprint density at radius 1 is 1.30 bits per heavy atom. The van der Waals surface area contributed by atoms with Crippen molar-refractivity contribution in [3.05, 3.63) is 0 Å². The topological polar surface area (TPSA) is 75.7 Å². The molecule has 112 valence electrons. The Hall–Kier alpha value is -1.43. The highest BCUT2D eigenvalue weighted by molar-refractivity contribution is 6.16. The molecule has 6 nitrogen and oxygen atoms in total. The maximum atomic E-state index is 12.6. The standard InChI is InChI=1S/C14H22N2O4/c1-3-10(8-20-2)16-13(18)11(9-6-4-5-7-9)12(17)15-14(16)19/h9-11H,3-8H2,1-2H3,(H,15,17,19). The number of ether oxygens (including phenoxy) is 1. The molecule has 2 unspecified atom stereocenters. The number of carbonyl (C=O) groups excluding carboxylic acids is 3. The van der Waals surface area contributed by atoms with Gasteiger partial charge < -0.3 is 4.74 Å². The molecule has 1 aliphatic heterocycles. The van der Waals surface area contributed by atoms with Crippen LogP contribution in [0.2, 0.25) is 0 Å². The maximum absolute atomic E-state index is 12.6. The largest absolute Gasteiger partial charge is 0.383 e. The van der Waals surface area contributed by atoms with Crippen molar-refractivity contribution in [2.75, 3.05) is 13.7 Å². The number of hydrogen-bond donors (Lipinski definition) is 1. The monoisotopic (exact) mass is 282 g/mol. The number of nitrogens with one attached hydrogen (secondary N) is 1. The highest BCUT2D eigenvalue weighted by Gasteiger charge is 2.47. The third kappa shape index (κ3) is 2.70. The Kier molecular flexibility index (Phi) is 4.75. The molecule has 1 aliphatic carbocycles. The lowest BCUT2D eigenvalue weighted by atomic mass is 9.87. The summed E-state index contributed by atoms with van der Waals surface area (Å²) < 4.78 is 5.07. The number of amides is 4. The van der Waals surface area contributed by atoms with Gasteiger partial charge in [-0.1, -0.05) is 19.8 Å². The van der Waals surface area contributed by atoms with E-state index in [0.29, 0.717) is 13.0 Å². The Bertz CT molecular complexity index is 404. The van der Waals surface area contributed by atoms with Crippen LogP contribution in [-0.4, -0.2) is 42.5 Å². The summed E-state index contributed by atoms with van der Waals surface area (Å²) in [5, 5.41) is 2.33. The van der Waals surface area contributed by atoms with Crippen molar-refractivity contribution in [3.8, 4) is 0 Å². The van der Waals surface area contributed by atoms with Gasteiger partial charge in [-0.05, 0) is 25.2 Å². The minimum absolute atomic E-state index is 0.0677. The first-order valence-electron chi connectivity index (χ1n) is 7.27. The van der Waals surface area contributed by atoms with Crippen LogP contribution in [0, 0.1) is 11.8 Å². The van der Waals surface area contributed by atoms with Crippen LogP contribution in [0.15, 0.2) is 0 Å². The van der Waals surface area contributed by atoms with Crippen LogP contribution < -0.4 is 5.32 Å². The molecule has 0 aromatic carbocycles. The van der Waals surface area contributed by atoms with Crippen molar-refractivity contribution in [2.24, 2.45) is 11.8 Å². The molecule has 0 bridgehead atoms. The Balaban J connectivity index is 2.21. The van der Waals surface area contributed by atoms with Crippen LogP contribution in [0.3, 0.4) is 0 Å². The van der Waals surface area contributed by atoms with Gasteiger partial charge in [-0.3, -0.25) is 19.8 Å². The number of imide groups is 2. The number of nitrogens with zero attached hydrogens (tertiary/aromatic N) is 1. The lowest BCUT2D eigenvalue weighted by Crippen LogP contribution is -2.62. The van der Waals surface area contributed by atoms with Gasteiger partial charge in [0.1, 0.15) is 5.92 Å². The fraction of sp³-hybridized carbons (Fsp3) is 0.786. The minimum atomic E-state index is -0.707. The number of rotatable bonds is 5. The van der Waals surface area contributed by atoms with Gasteiger partial charge in [-0.2, -0.15) is 0 Å². The summed E-state index contributed by atoms with van der Waals surface area (Å²) in [4.78, 5) is 37.8. The second kappa shape index (κ2) is 6.35. The predicted octanol–water partition coefficient (Wildman–Crippen LogP) is 1.30. The minimum Gasteiger partial charge on any atom is -0.383 e. The molecule has 0 radical (unpaired) electrons. The van der Waals surface area contributed by atoms with Crippen molar-refractivity contribution in [1.29, 1.82) is 0 Å². The summed E-state index contributed by atoms with van der Waals surface area (Å²) in [6, 6.07) is -0.928. The van der Waals surface area contributed by atoms with Crippen molar-refractivity contribution < 1.29 is 19.1 Å². The van der Waals surface area contributed by atoms with Gasteiger partial charge in [0, 0.05) is 7.11 Å². The molecule has 4 amide bonds. The number of methoxy groups -OCH3 is 1. The second-order valence-corrected chi connectivity index (χ2v) is 5.54. The van der Waals surface area contributed by atoms with Crippen molar-refractivity contribution in [3.63, 3.8) is 0 Å². The van der Waals surface area contributed by atoms with Crippen molar-refractivity contribution in [2.45, 2.75) is 45.1 Å². The molecule has 0 aromatic heterocycles. The zero-order chi connectivity index (χ0) is 14.7. The molecule has 1 saturated carbocycles. The Morgan fingerprint density at radius 2 is 1.95 bits per heavy atom. The molecule has 2 fully saturated rings. The summed E-state index contributed by atoms with van der Waals surface area (Å²) in [7, 11) is 1.54. The molecule has 1 saturated heterocycles. The van der Waals surface area contributed by atoms with Gasteiger partial charge in [0.15, 0.2) is 0 Å². The van der Waals surface area contributed by atoms with Crippen LogP contribution in [-0.2, 0) is 14.3 Å². The first kappa shape index (κ1) is 15.0. The van der Waals surface area contributed by atoms with E-state index >= 15 is 0 Å². The third-order valence-corrected chi connectivity index (χ3v) is 4.30. The van der Waals surface area contributed by atoms with E-state index in [2.05, 4.69) is 5.32 Å². The Labute approximate surface area is 118 Å². The first-order chi connectivity index (χ1) is 9.60. The lowest BCUT2D eigenvalue weighted by Gasteiger charge is -2.37. The SMILES string of the molecule is CCC(COC)N1C(=O)NC(=O)C(C2CCCC2)C1=O. The fourth-order valence-electron chi connectivity index (χ4n) is 3.22. The molecule has 1 heterocycles. The van der Waals surface area contributed by atoms with Gasteiger partial charge >= 0.3 is 6.03 Å². The summed E-state index contributed by atoms with van der Waals surface area (Å²) in [5.41, 5.74) is 0. The molecule has 2 atom stereocenters. The van der Waals surface area contributed by atoms with Gasteiger partial charge in [-0.25, -0.2) is 4.79 Å². The molecular formula is C14H22N2O4. The van der Waals surface area contributed by atoms with Crippen LogP contribution in [0.1, 0.15) is 39.0 Å². The summed E-state index contributed by atoms with van der Waals surface area (Å²) in [6.45, 7) is 2.19. The molecule has 0 spiro atoms. The molecular weight excluding hydrogens is 260 g/mol. The predicted molar refractivity (Wildman–Crippen MR) is 71.8 cm³/mol. The van der Waals surface area contributed by atoms with Gasteiger partial charge in [0.25, 0.3) is 0 Å². The van der Waals surface area contributed by atoms with E-state index < -0.39 is 17.9 Å². The molecule has 20 heavy (non-hydrogen) atoms. The molecule has 6 heteroatoms.